The molecule has 2 aliphatic rings. The first-order valence-electron chi connectivity index (χ1n) is 8.39. The van der Waals surface area contributed by atoms with Crippen LogP contribution in [0.25, 0.3) is 0 Å². The van der Waals surface area contributed by atoms with Crippen molar-refractivity contribution in [2.75, 3.05) is 5.73 Å². The zero-order valence-corrected chi connectivity index (χ0v) is 12.7. The van der Waals surface area contributed by atoms with Crippen LogP contribution < -0.4 is 5.73 Å². The Kier molecular flexibility index (Phi) is 4.46. The van der Waals surface area contributed by atoms with Gasteiger partial charge in [-0.15, -0.1) is 0 Å². The van der Waals surface area contributed by atoms with Crippen LogP contribution in [0.15, 0.2) is 6.07 Å². The lowest BCUT2D eigenvalue weighted by molar-refractivity contribution is 0.0442. The molecule has 3 rings (SSSR count). The molecule has 2 saturated carbocycles. The number of hydrogen-bond donors (Lipinski definition) is 2. The number of nitrogens with one attached hydrogen (secondary N) is 1. The number of amides is 1. The Labute approximate surface area is 126 Å². The summed E-state index contributed by atoms with van der Waals surface area (Å²) in [6.45, 7) is 0. The second-order valence-corrected chi connectivity index (χ2v) is 6.50. The van der Waals surface area contributed by atoms with Gasteiger partial charge in [-0.25, -0.2) is 0 Å². The molecule has 3 N–H and O–H groups in total. The summed E-state index contributed by atoms with van der Waals surface area (Å²) in [5.74, 6) is 0.489. The van der Waals surface area contributed by atoms with Crippen LogP contribution >= 0.6 is 0 Å². The van der Waals surface area contributed by atoms with Crippen molar-refractivity contribution in [1.82, 2.24) is 15.1 Å². The van der Waals surface area contributed by atoms with E-state index in [-0.39, 0.29) is 5.91 Å². The Balaban J connectivity index is 1.81. The summed E-state index contributed by atoms with van der Waals surface area (Å²) in [5.41, 5.74) is 6.21. The maximum Gasteiger partial charge on any atom is 0.272 e. The summed E-state index contributed by atoms with van der Waals surface area (Å²) in [4.78, 5) is 15.1. The van der Waals surface area contributed by atoms with Crippen molar-refractivity contribution in [3.63, 3.8) is 0 Å². The predicted molar refractivity (Wildman–Crippen MR) is 82.9 cm³/mol. The third-order valence-corrected chi connectivity index (χ3v) is 5.00. The van der Waals surface area contributed by atoms with Crippen molar-refractivity contribution in [2.45, 2.75) is 76.3 Å². The molecule has 0 spiro atoms. The molecule has 0 atom stereocenters. The highest BCUT2D eigenvalue weighted by Crippen LogP contribution is 2.31. The number of rotatable bonds is 3. The van der Waals surface area contributed by atoms with E-state index in [0.29, 0.717) is 23.6 Å². The molecule has 1 amide bonds. The second-order valence-electron chi connectivity index (χ2n) is 6.50. The summed E-state index contributed by atoms with van der Waals surface area (Å²) in [6, 6.07) is 2.47. The SMILES string of the molecule is Nc1cc(C(=O)N(C2CCCCC2)C2CCCCC2)[nH]n1. The van der Waals surface area contributed by atoms with E-state index in [1.54, 1.807) is 6.07 Å². The van der Waals surface area contributed by atoms with Gasteiger partial charge in [-0.2, -0.15) is 5.10 Å². The van der Waals surface area contributed by atoms with E-state index >= 15 is 0 Å². The number of nitrogens with two attached hydrogens (primary N) is 1. The minimum Gasteiger partial charge on any atom is -0.382 e. The van der Waals surface area contributed by atoms with Crippen LogP contribution in [0.1, 0.15) is 74.7 Å². The van der Waals surface area contributed by atoms with Gasteiger partial charge in [0, 0.05) is 18.2 Å². The van der Waals surface area contributed by atoms with Gasteiger partial charge in [0.15, 0.2) is 0 Å². The Bertz CT molecular complexity index is 454. The third-order valence-electron chi connectivity index (χ3n) is 5.00. The van der Waals surface area contributed by atoms with Crippen LogP contribution in [-0.2, 0) is 0 Å². The number of carbonyl (C=O) groups excluding carboxylic acids is 1. The van der Waals surface area contributed by atoms with Gasteiger partial charge in [0.25, 0.3) is 5.91 Å². The number of anilines is 1. The van der Waals surface area contributed by atoms with Crippen LogP contribution in [0, 0.1) is 0 Å². The molecule has 0 aromatic carbocycles. The standard InChI is InChI=1S/C16H26N4O/c17-15-11-14(18-19-15)16(21)20(12-7-3-1-4-8-12)13-9-5-2-6-10-13/h11-13H,1-10H2,(H3,17,18,19). The molecule has 1 aromatic heterocycles. The molecular weight excluding hydrogens is 264 g/mol. The van der Waals surface area contributed by atoms with Crippen LogP contribution in [-0.4, -0.2) is 33.1 Å². The highest BCUT2D eigenvalue weighted by molar-refractivity contribution is 5.93. The van der Waals surface area contributed by atoms with Crippen LogP contribution in [0.3, 0.4) is 0 Å². The molecule has 0 aliphatic heterocycles. The van der Waals surface area contributed by atoms with E-state index in [9.17, 15) is 4.79 Å². The number of aromatic nitrogens is 2. The monoisotopic (exact) mass is 290 g/mol. The number of aromatic amines is 1. The van der Waals surface area contributed by atoms with Gasteiger partial charge in [0.1, 0.15) is 11.5 Å². The zero-order chi connectivity index (χ0) is 14.7. The second kappa shape index (κ2) is 6.50. The molecule has 0 saturated heterocycles. The van der Waals surface area contributed by atoms with Gasteiger partial charge >= 0.3 is 0 Å². The molecule has 0 bridgehead atoms. The summed E-state index contributed by atoms with van der Waals surface area (Å²) >= 11 is 0. The molecule has 21 heavy (non-hydrogen) atoms. The molecule has 2 aliphatic carbocycles. The van der Waals surface area contributed by atoms with E-state index in [1.165, 1.54) is 38.5 Å². The molecule has 0 radical (unpaired) electrons. The van der Waals surface area contributed by atoms with Crippen molar-refractivity contribution < 1.29 is 4.79 Å². The summed E-state index contributed by atoms with van der Waals surface area (Å²) in [7, 11) is 0. The molecule has 1 aromatic rings. The highest BCUT2D eigenvalue weighted by atomic mass is 16.2. The Morgan fingerprint density at radius 1 is 1.05 bits per heavy atom. The van der Waals surface area contributed by atoms with Gasteiger partial charge in [-0.3, -0.25) is 9.89 Å². The Hall–Kier alpha value is -1.52. The Morgan fingerprint density at radius 2 is 1.57 bits per heavy atom. The van der Waals surface area contributed by atoms with Crippen molar-refractivity contribution >= 4 is 11.7 Å². The van der Waals surface area contributed by atoms with E-state index in [2.05, 4.69) is 15.1 Å². The minimum absolute atomic E-state index is 0.0954. The number of nitrogens with zero attached hydrogens (tertiary/aromatic N) is 2. The number of hydrogen-bond acceptors (Lipinski definition) is 3. The minimum atomic E-state index is 0.0954. The van der Waals surface area contributed by atoms with Gasteiger partial charge in [0.05, 0.1) is 0 Å². The maximum absolute atomic E-state index is 13.0. The van der Waals surface area contributed by atoms with Crippen LogP contribution in [0.4, 0.5) is 5.82 Å². The number of nitrogen functional groups attached to an aromatic ring is 1. The van der Waals surface area contributed by atoms with E-state index < -0.39 is 0 Å². The van der Waals surface area contributed by atoms with Gasteiger partial charge < -0.3 is 10.6 Å². The van der Waals surface area contributed by atoms with Gasteiger partial charge in [-0.1, -0.05) is 38.5 Å². The lowest BCUT2D eigenvalue weighted by Gasteiger charge is -2.41. The third kappa shape index (κ3) is 3.22. The Morgan fingerprint density at radius 3 is 2.00 bits per heavy atom. The first-order valence-corrected chi connectivity index (χ1v) is 8.39. The molecule has 2 fully saturated rings. The number of H-pyrrole nitrogens is 1. The fourth-order valence-electron chi connectivity index (χ4n) is 3.93. The van der Waals surface area contributed by atoms with Gasteiger partial charge in [0.2, 0.25) is 0 Å². The maximum atomic E-state index is 13.0. The number of carbonyl (C=O) groups is 1. The molecule has 116 valence electrons. The normalized spacial score (nSPS) is 21.3. The van der Waals surface area contributed by atoms with E-state index in [4.69, 9.17) is 5.73 Å². The van der Waals surface area contributed by atoms with Crippen molar-refractivity contribution in [3.8, 4) is 0 Å². The zero-order valence-electron chi connectivity index (χ0n) is 12.7. The van der Waals surface area contributed by atoms with Crippen LogP contribution in [0.2, 0.25) is 0 Å². The topological polar surface area (TPSA) is 75.0 Å². The largest absolute Gasteiger partial charge is 0.382 e. The fourth-order valence-corrected chi connectivity index (χ4v) is 3.93. The van der Waals surface area contributed by atoms with E-state index in [0.717, 1.165) is 25.7 Å². The summed E-state index contributed by atoms with van der Waals surface area (Å²) in [5, 5.41) is 6.71. The fraction of sp³-hybridized carbons (Fsp3) is 0.750. The summed E-state index contributed by atoms with van der Waals surface area (Å²) < 4.78 is 0. The molecule has 5 nitrogen and oxygen atoms in total. The highest BCUT2D eigenvalue weighted by Gasteiger charge is 2.33. The average Bonchev–Trinajstić information content (AvgIpc) is 2.96. The molecule has 1 heterocycles. The first-order chi connectivity index (χ1) is 10.3. The van der Waals surface area contributed by atoms with Crippen molar-refractivity contribution in [1.29, 1.82) is 0 Å². The molecular formula is C16H26N4O. The molecule has 5 heteroatoms. The summed E-state index contributed by atoms with van der Waals surface area (Å²) in [6.07, 6.45) is 12.2. The predicted octanol–water partition coefficient (Wildman–Crippen LogP) is 3.10. The van der Waals surface area contributed by atoms with Gasteiger partial charge in [-0.05, 0) is 25.7 Å². The quantitative estimate of drug-likeness (QED) is 0.898. The van der Waals surface area contributed by atoms with E-state index in [1.807, 2.05) is 0 Å². The van der Waals surface area contributed by atoms with Crippen LogP contribution in [0.5, 0.6) is 0 Å². The smallest absolute Gasteiger partial charge is 0.272 e. The lowest BCUT2D eigenvalue weighted by atomic mass is 9.88. The average molecular weight is 290 g/mol. The van der Waals surface area contributed by atoms with Crippen molar-refractivity contribution in [3.05, 3.63) is 11.8 Å². The first kappa shape index (κ1) is 14.4. The molecule has 0 unspecified atom stereocenters. The lowest BCUT2D eigenvalue weighted by Crippen LogP contribution is -2.48. The van der Waals surface area contributed by atoms with Crippen molar-refractivity contribution in [2.24, 2.45) is 0 Å².